The molecule has 29 heavy (non-hydrogen) atoms. The number of hydrogen-bond donors (Lipinski definition) is 0. The minimum Gasteiger partial charge on any atom is -0.411 e. The first-order valence-corrected chi connectivity index (χ1v) is 16.3. The van der Waals surface area contributed by atoms with E-state index >= 15 is 0 Å². The molecular weight excluding hydrogens is 435 g/mol. The molecule has 0 radical (unpaired) electrons. The Morgan fingerprint density at radius 2 is 1.59 bits per heavy atom. The van der Waals surface area contributed by atoms with Gasteiger partial charge >= 0.3 is 7.60 Å². The average molecular weight is 475 g/mol. The van der Waals surface area contributed by atoms with Gasteiger partial charge in [-0.1, -0.05) is 20.8 Å². The molecule has 1 fully saturated rings. The highest BCUT2D eigenvalue weighted by Gasteiger charge is 2.51. The van der Waals surface area contributed by atoms with Crippen LogP contribution in [0.4, 0.5) is 0 Å². The number of ether oxygens (including phenoxy) is 1. The van der Waals surface area contributed by atoms with Crippen LogP contribution in [0.1, 0.15) is 54.9 Å². The van der Waals surface area contributed by atoms with Crippen LogP contribution >= 0.6 is 7.60 Å². The molecule has 0 N–H and O–H groups in total. The Bertz CT molecular complexity index is 672. The van der Waals surface area contributed by atoms with Crippen LogP contribution in [0, 0.1) is 0 Å². The SMILES string of the molecule is CC(C)OP(=O)(OC(C)C)[C@H]1C[C@H](O[Si](C)(C)C(C)(C)C)[C@@H](COS(C)(=O)=O)O1. The monoisotopic (exact) mass is 474 g/mol. The highest BCUT2D eigenvalue weighted by Crippen LogP contribution is 2.59. The fourth-order valence-corrected chi connectivity index (χ4v) is 6.67. The minimum absolute atomic E-state index is 0.0557. The molecule has 1 aliphatic heterocycles. The van der Waals surface area contributed by atoms with Crippen molar-refractivity contribution in [2.45, 2.75) is 103 Å². The van der Waals surface area contributed by atoms with Gasteiger partial charge in [-0.15, -0.1) is 0 Å². The Labute approximate surface area is 177 Å². The summed E-state index contributed by atoms with van der Waals surface area (Å²) in [6, 6.07) is 0. The van der Waals surface area contributed by atoms with Crippen LogP contribution in [0.3, 0.4) is 0 Å². The number of hydrogen-bond acceptors (Lipinski definition) is 8. The third kappa shape index (κ3) is 8.33. The van der Waals surface area contributed by atoms with Gasteiger partial charge in [-0.3, -0.25) is 8.75 Å². The molecule has 0 unspecified atom stereocenters. The molecule has 3 atom stereocenters. The zero-order chi connectivity index (χ0) is 22.8. The van der Waals surface area contributed by atoms with Crippen molar-refractivity contribution in [1.82, 2.24) is 0 Å². The Morgan fingerprint density at radius 3 is 1.97 bits per heavy atom. The van der Waals surface area contributed by atoms with Gasteiger partial charge in [0.1, 0.15) is 6.10 Å². The third-order valence-electron chi connectivity index (χ3n) is 4.95. The third-order valence-corrected chi connectivity index (χ3v) is 12.5. The topological polar surface area (TPSA) is 97.4 Å². The second-order valence-corrected chi connectivity index (χ2v) is 18.1. The molecule has 0 aromatic heterocycles. The fourth-order valence-electron chi connectivity index (χ4n) is 2.66. The standard InChI is InChI=1S/C18H39O8PSSi/c1-13(2)24-27(19,25-14(3)4)17-11-15(26-29(9,10)18(5,6)7)16(23-17)12-22-28(8,20)21/h13-17H,11-12H2,1-10H3/t15-,16+,17-/m0/s1. The highest BCUT2D eigenvalue weighted by atomic mass is 32.2. The van der Waals surface area contributed by atoms with Gasteiger partial charge in [-0.05, 0) is 45.8 Å². The molecule has 1 saturated heterocycles. The maximum atomic E-state index is 13.5. The van der Waals surface area contributed by atoms with E-state index in [0.29, 0.717) is 0 Å². The first-order valence-electron chi connectivity index (χ1n) is 10.0. The summed E-state index contributed by atoms with van der Waals surface area (Å²) in [7, 11) is -9.47. The van der Waals surface area contributed by atoms with Crippen molar-refractivity contribution in [3.8, 4) is 0 Å². The lowest BCUT2D eigenvalue weighted by Gasteiger charge is -2.39. The van der Waals surface area contributed by atoms with Crippen LogP contribution in [-0.4, -0.2) is 59.9 Å². The van der Waals surface area contributed by atoms with Crippen molar-refractivity contribution in [2.24, 2.45) is 0 Å². The molecule has 1 heterocycles. The number of rotatable bonds is 10. The van der Waals surface area contributed by atoms with E-state index in [-0.39, 0.29) is 30.3 Å². The van der Waals surface area contributed by atoms with Crippen molar-refractivity contribution in [3.05, 3.63) is 0 Å². The second kappa shape index (κ2) is 9.77. The zero-order valence-electron chi connectivity index (χ0n) is 19.4. The zero-order valence-corrected chi connectivity index (χ0v) is 22.1. The summed E-state index contributed by atoms with van der Waals surface area (Å²) in [6.45, 7) is 17.4. The van der Waals surface area contributed by atoms with E-state index in [1.807, 2.05) is 0 Å². The van der Waals surface area contributed by atoms with Crippen molar-refractivity contribution in [2.75, 3.05) is 12.9 Å². The highest BCUT2D eigenvalue weighted by molar-refractivity contribution is 7.85. The maximum absolute atomic E-state index is 13.5. The Kier molecular flexibility index (Phi) is 9.18. The van der Waals surface area contributed by atoms with Crippen molar-refractivity contribution in [3.63, 3.8) is 0 Å². The first kappa shape index (κ1) is 27.2. The van der Waals surface area contributed by atoms with E-state index in [4.69, 9.17) is 22.4 Å². The smallest absolute Gasteiger partial charge is 0.359 e. The van der Waals surface area contributed by atoms with Crippen LogP contribution in [0.25, 0.3) is 0 Å². The summed E-state index contributed by atoms with van der Waals surface area (Å²) in [5.74, 6) is -0.852. The van der Waals surface area contributed by atoms with Crippen molar-refractivity contribution >= 4 is 26.0 Å². The summed E-state index contributed by atoms with van der Waals surface area (Å²) >= 11 is 0. The van der Waals surface area contributed by atoms with Crippen molar-refractivity contribution in [1.29, 1.82) is 0 Å². The first-order chi connectivity index (χ1) is 12.9. The largest absolute Gasteiger partial charge is 0.411 e. The summed E-state index contributed by atoms with van der Waals surface area (Å²) in [5, 5.41) is -0.0557. The Balaban J connectivity index is 3.15. The molecule has 0 aromatic carbocycles. The van der Waals surface area contributed by atoms with Gasteiger partial charge in [0.05, 0.1) is 31.2 Å². The minimum atomic E-state index is -3.65. The molecule has 0 saturated carbocycles. The van der Waals surface area contributed by atoms with Gasteiger partial charge in [-0.25, -0.2) is 0 Å². The van der Waals surface area contributed by atoms with E-state index in [1.54, 1.807) is 27.7 Å². The molecular formula is C18H39O8PSSi. The van der Waals surface area contributed by atoms with E-state index in [9.17, 15) is 13.0 Å². The molecule has 174 valence electrons. The van der Waals surface area contributed by atoms with Gasteiger partial charge in [0.15, 0.2) is 14.2 Å². The van der Waals surface area contributed by atoms with Gasteiger partial charge in [0.25, 0.3) is 10.1 Å². The summed E-state index contributed by atoms with van der Waals surface area (Å²) < 4.78 is 65.3. The van der Waals surface area contributed by atoms with Crippen LogP contribution in [0.5, 0.6) is 0 Å². The molecule has 8 nitrogen and oxygen atoms in total. The maximum Gasteiger partial charge on any atom is 0.359 e. The van der Waals surface area contributed by atoms with Crippen LogP contribution in [0.15, 0.2) is 0 Å². The molecule has 0 aliphatic carbocycles. The van der Waals surface area contributed by atoms with Gasteiger partial charge in [0.2, 0.25) is 0 Å². The quantitative estimate of drug-likeness (QED) is 0.259. The molecule has 0 aromatic rings. The van der Waals surface area contributed by atoms with Crippen molar-refractivity contribution < 1.29 is 35.4 Å². The molecule has 1 aliphatic rings. The van der Waals surface area contributed by atoms with Gasteiger partial charge < -0.3 is 18.2 Å². The van der Waals surface area contributed by atoms with E-state index in [1.165, 1.54) is 0 Å². The van der Waals surface area contributed by atoms with Gasteiger partial charge in [0, 0.05) is 6.42 Å². The normalized spacial score (nSPS) is 24.6. The Hall–Kier alpha value is 0.197. The summed E-state index contributed by atoms with van der Waals surface area (Å²) in [5.41, 5.74) is 0. The lowest BCUT2D eigenvalue weighted by atomic mass is 10.2. The molecule has 0 spiro atoms. The lowest BCUT2D eigenvalue weighted by Crippen LogP contribution is -2.46. The molecule has 0 amide bonds. The molecule has 11 heteroatoms. The van der Waals surface area contributed by atoms with E-state index in [2.05, 4.69) is 33.9 Å². The predicted octanol–water partition coefficient (Wildman–Crippen LogP) is 4.51. The summed E-state index contributed by atoms with van der Waals surface area (Å²) in [6.07, 6.45) is -0.548. The van der Waals surface area contributed by atoms with E-state index in [0.717, 1.165) is 6.26 Å². The van der Waals surface area contributed by atoms with Crippen LogP contribution in [0.2, 0.25) is 18.1 Å². The second-order valence-electron chi connectivity index (χ2n) is 9.62. The fraction of sp³-hybridized carbons (Fsp3) is 1.00. The Morgan fingerprint density at radius 1 is 1.10 bits per heavy atom. The molecule has 1 rings (SSSR count). The van der Waals surface area contributed by atoms with Crippen LogP contribution in [-0.2, 0) is 37.1 Å². The predicted molar refractivity (Wildman–Crippen MR) is 116 cm³/mol. The molecule has 0 bridgehead atoms. The van der Waals surface area contributed by atoms with Crippen LogP contribution < -0.4 is 0 Å². The van der Waals surface area contributed by atoms with Gasteiger partial charge in [-0.2, -0.15) is 8.42 Å². The van der Waals surface area contributed by atoms with E-state index < -0.39 is 44.1 Å². The average Bonchev–Trinajstić information content (AvgIpc) is 2.84. The summed E-state index contributed by atoms with van der Waals surface area (Å²) in [4.78, 5) is 0. The lowest BCUT2D eigenvalue weighted by molar-refractivity contribution is -0.00358.